The molecular weight excluding hydrogens is 256 g/mol. The summed E-state index contributed by atoms with van der Waals surface area (Å²) in [7, 11) is 0. The second-order valence-electron chi connectivity index (χ2n) is 4.55. The summed E-state index contributed by atoms with van der Waals surface area (Å²) in [5.74, 6) is -3.90. The summed E-state index contributed by atoms with van der Waals surface area (Å²) in [4.78, 5) is 24.0. The number of hydrogen-bond donors (Lipinski definition) is 1. The minimum atomic E-state index is -1.02. The molecule has 1 saturated heterocycles. The Morgan fingerprint density at radius 1 is 1.37 bits per heavy atom. The minimum Gasteiger partial charge on any atom is -0.481 e. The maximum absolute atomic E-state index is 13.4. The topological polar surface area (TPSA) is 57.6 Å². The van der Waals surface area contributed by atoms with E-state index in [4.69, 9.17) is 5.11 Å². The van der Waals surface area contributed by atoms with Gasteiger partial charge in [0, 0.05) is 18.7 Å². The van der Waals surface area contributed by atoms with Crippen molar-refractivity contribution in [3.63, 3.8) is 0 Å². The molecule has 1 aromatic rings. The number of carbonyl (C=O) groups excluding carboxylic acids is 1. The number of amides is 1. The summed E-state index contributed by atoms with van der Waals surface area (Å²) in [5, 5.41) is 8.84. The normalized spacial score (nSPS) is 18.6. The van der Waals surface area contributed by atoms with Crippen LogP contribution in [0.1, 0.15) is 12.0 Å². The van der Waals surface area contributed by atoms with Crippen molar-refractivity contribution in [3.05, 3.63) is 35.4 Å². The fourth-order valence-corrected chi connectivity index (χ4v) is 2.15. The molecule has 0 spiro atoms. The Balaban J connectivity index is 2.02. The van der Waals surface area contributed by atoms with Gasteiger partial charge >= 0.3 is 5.97 Å². The largest absolute Gasteiger partial charge is 0.481 e. The van der Waals surface area contributed by atoms with Crippen LogP contribution in [-0.2, 0) is 16.0 Å². The number of hydrogen-bond acceptors (Lipinski definition) is 2. The number of carbonyl (C=O) groups is 2. The smallest absolute Gasteiger partial charge is 0.308 e. The number of nitrogens with zero attached hydrogens (tertiary/aromatic N) is 1. The summed E-state index contributed by atoms with van der Waals surface area (Å²) in [6, 6.07) is 3.67. The molecule has 6 heteroatoms. The molecule has 1 aliphatic rings. The average Bonchev–Trinajstić information content (AvgIpc) is 2.84. The molecule has 1 aliphatic heterocycles. The third-order valence-electron chi connectivity index (χ3n) is 3.26. The molecule has 0 saturated carbocycles. The highest BCUT2D eigenvalue weighted by Gasteiger charge is 2.31. The third-order valence-corrected chi connectivity index (χ3v) is 3.26. The van der Waals surface area contributed by atoms with Gasteiger partial charge in [-0.25, -0.2) is 8.78 Å². The molecule has 0 radical (unpaired) electrons. The zero-order chi connectivity index (χ0) is 14.0. The van der Waals surface area contributed by atoms with Gasteiger partial charge in [-0.3, -0.25) is 9.59 Å². The Hall–Kier alpha value is -1.98. The molecule has 102 valence electrons. The van der Waals surface area contributed by atoms with Gasteiger partial charge in [-0.05, 0) is 12.5 Å². The standard InChI is InChI=1S/C13H13F2NO3/c14-10-3-1-2-8(12(10)15)6-11(17)16-5-4-9(7-16)13(18)19/h1-3,9H,4-7H2,(H,18,19). The number of carboxylic acid groups (broad SMARTS) is 1. The minimum absolute atomic E-state index is 0.0104. The summed E-state index contributed by atoms with van der Waals surface area (Å²) < 4.78 is 26.4. The monoisotopic (exact) mass is 269 g/mol. The van der Waals surface area contributed by atoms with Crippen molar-refractivity contribution in [2.45, 2.75) is 12.8 Å². The van der Waals surface area contributed by atoms with E-state index in [0.717, 1.165) is 6.07 Å². The van der Waals surface area contributed by atoms with Crippen LogP contribution in [-0.4, -0.2) is 35.0 Å². The van der Waals surface area contributed by atoms with E-state index in [0.29, 0.717) is 13.0 Å². The van der Waals surface area contributed by atoms with Crippen molar-refractivity contribution in [2.24, 2.45) is 5.92 Å². The number of rotatable bonds is 3. The van der Waals surface area contributed by atoms with E-state index >= 15 is 0 Å². The highest BCUT2D eigenvalue weighted by atomic mass is 19.2. The number of aliphatic carboxylic acids is 1. The molecule has 1 amide bonds. The van der Waals surface area contributed by atoms with Gasteiger partial charge in [-0.15, -0.1) is 0 Å². The lowest BCUT2D eigenvalue weighted by Crippen LogP contribution is -2.31. The molecule has 0 aromatic heterocycles. The van der Waals surface area contributed by atoms with Gasteiger partial charge < -0.3 is 10.0 Å². The van der Waals surface area contributed by atoms with Gasteiger partial charge in [-0.1, -0.05) is 12.1 Å². The summed E-state index contributed by atoms with van der Waals surface area (Å²) >= 11 is 0. The van der Waals surface area contributed by atoms with E-state index in [1.165, 1.54) is 17.0 Å². The molecule has 1 heterocycles. The van der Waals surface area contributed by atoms with Crippen molar-refractivity contribution in [1.29, 1.82) is 0 Å². The number of carboxylic acids is 1. The maximum Gasteiger partial charge on any atom is 0.308 e. The van der Waals surface area contributed by atoms with Gasteiger partial charge in [0.15, 0.2) is 11.6 Å². The van der Waals surface area contributed by atoms with E-state index < -0.39 is 23.5 Å². The first-order valence-electron chi connectivity index (χ1n) is 5.92. The van der Waals surface area contributed by atoms with E-state index in [1.807, 2.05) is 0 Å². The molecule has 0 bridgehead atoms. The third kappa shape index (κ3) is 2.89. The van der Waals surface area contributed by atoms with Crippen LogP contribution in [0.5, 0.6) is 0 Å². The lowest BCUT2D eigenvalue weighted by atomic mass is 10.1. The molecule has 1 N–H and O–H groups in total. The Kier molecular flexibility index (Phi) is 3.78. The Morgan fingerprint density at radius 3 is 2.74 bits per heavy atom. The molecule has 4 nitrogen and oxygen atoms in total. The van der Waals surface area contributed by atoms with E-state index in [1.54, 1.807) is 0 Å². The number of likely N-dealkylation sites (tertiary alicyclic amines) is 1. The Bertz CT molecular complexity index is 519. The van der Waals surface area contributed by atoms with Gasteiger partial charge in [0.2, 0.25) is 5.91 Å². The van der Waals surface area contributed by atoms with Gasteiger partial charge in [0.25, 0.3) is 0 Å². The number of benzene rings is 1. The molecule has 2 rings (SSSR count). The zero-order valence-corrected chi connectivity index (χ0v) is 10.1. The predicted molar refractivity (Wildman–Crippen MR) is 62.4 cm³/mol. The van der Waals surface area contributed by atoms with Crippen molar-refractivity contribution in [2.75, 3.05) is 13.1 Å². The van der Waals surface area contributed by atoms with Crippen LogP contribution >= 0.6 is 0 Å². The van der Waals surface area contributed by atoms with Crippen molar-refractivity contribution >= 4 is 11.9 Å². The molecule has 1 aromatic carbocycles. The van der Waals surface area contributed by atoms with Crippen molar-refractivity contribution < 1.29 is 23.5 Å². The van der Waals surface area contributed by atoms with Gasteiger partial charge in [0.1, 0.15) is 0 Å². The predicted octanol–water partition coefficient (Wildman–Crippen LogP) is 1.44. The summed E-state index contributed by atoms with van der Waals surface area (Å²) in [5.41, 5.74) is -0.0104. The lowest BCUT2D eigenvalue weighted by Gasteiger charge is -2.16. The summed E-state index contributed by atoms with van der Waals surface area (Å²) in [6.45, 7) is 0.470. The SMILES string of the molecule is O=C(O)C1CCN(C(=O)Cc2cccc(F)c2F)C1. The fraction of sp³-hybridized carbons (Fsp3) is 0.385. The van der Waals surface area contributed by atoms with Crippen molar-refractivity contribution in [3.8, 4) is 0 Å². The summed E-state index contributed by atoms with van der Waals surface area (Å²) in [6.07, 6.45) is 0.142. The van der Waals surface area contributed by atoms with Gasteiger partial charge in [-0.2, -0.15) is 0 Å². The van der Waals surface area contributed by atoms with Crippen LogP contribution in [0.25, 0.3) is 0 Å². The molecule has 1 unspecified atom stereocenters. The van der Waals surface area contributed by atoms with E-state index in [-0.39, 0.29) is 24.4 Å². The van der Waals surface area contributed by atoms with Crippen LogP contribution in [0.4, 0.5) is 8.78 Å². The first-order valence-corrected chi connectivity index (χ1v) is 5.92. The van der Waals surface area contributed by atoms with Crippen LogP contribution in [0.15, 0.2) is 18.2 Å². The van der Waals surface area contributed by atoms with Gasteiger partial charge in [0.05, 0.1) is 12.3 Å². The molecule has 1 fully saturated rings. The van der Waals surface area contributed by atoms with Crippen molar-refractivity contribution in [1.82, 2.24) is 4.90 Å². The lowest BCUT2D eigenvalue weighted by molar-refractivity contribution is -0.141. The first-order chi connectivity index (χ1) is 8.99. The highest BCUT2D eigenvalue weighted by Crippen LogP contribution is 2.19. The molecule has 19 heavy (non-hydrogen) atoms. The second kappa shape index (κ2) is 5.34. The zero-order valence-electron chi connectivity index (χ0n) is 10.1. The van der Waals surface area contributed by atoms with E-state index in [9.17, 15) is 18.4 Å². The number of halogens is 2. The molecule has 0 aliphatic carbocycles. The van der Waals surface area contributed by atoms with Crippen LogP contribution in [0, 0.1) is 17.6 Å². The van der Waals surface area contributed by atoms with Crippen LogP contribution in [0.3, 0.4) is 0 Å². The van der Waals surface area contributed by atoms with Crippen LogP contribution in [0.2, 0.25) is 0 Å². The second-order valence-corrected chi connectivity index (χ2v) is 4.55. The first kappa shape index (κ1) is 13.5. The Morgan fingerprint density at radius 2 is 2.11 bits per heavy atom. The molecule has 1 atom stereocenters. The molecular formula is C13H13F2NO3. The average molecular weight is 269 g/mol. The Labute approximate surface area is 108 Å². The van der Waals surface area contributed by atoms with Crippen LogP contribution < -0.4 is 0 Å². The quantitative estimate of drug-likeness (QED) is 0.903. The fourth-order valence-electron chi connectivity index (χ4n) is 2.15. The highest BCUT2D eigenvalue weighted by molar-refractivity contribution is 5.80. The van der Waals surface area contributed by atoms with E-state index in [2.05, 4.69) is 0 Å². The maximum atomic E-state index is 13.4.